The zero-order valence-corrected chi connectivity index (χ0v) is 21.0. The van der Waals surface area contributed by atoms with Gasteiger partial charge in [0.25, 0.3) is 0 Å². The standard InChI is InChI=1S/C31H32FN3O/c1-3-35(16-13-24-20-34-30-12-5-22(2)17-28(24)30)15-4-14-31(26-7-9-27(32)10-8-26)29-11-6-23(19-33)18-25(29)21-36-31/h5-12,17-18,20,34H,3-4,13-16,21H2,1-2H3. The van der Waals surface area contributed by atoms with Crippen molar-refractivity contribution >= 4 is 10.9 Å². The van der Waals surface area contributed by atoms with Crippen molar-refractivity contribution < 1.29 is 9.13 Å². The molecule has 1 aromatic heterocycles. The number of hydrogen-bond donors (Lipinski definition) is 1. The highest BCUT2D eigenvalue weighted by atomic mass is 19.1. The number of halogens is 1. The van der Waals surface area contributed by atoms with E-state index < -0.39 is 5.60 Å². The molecule has 1 aliphatic heterocycles. The maximum atomic E-state index is 13.7. The van der Waals surface area contributed by atoms with Gasteiger partial charge in [-0.05, 0) is 97.9 Å². The second-order valence-corrected chi connectivity index (χ2v) is 9.76. The Morgan fingerprint density at radius 2 is 1.92 bits per heavy atom. The van der Waals surface area contributed by atoms with Crippen LogP contribution >= 0.6 is 0 Å². The van der Waals surface area contributed by atoms with Crippen LogP contribution in [-0.4, -0.2) is 29.5 Å². The monoisotopic (exact) mass is 481 g/mol. The molecule has 1 atom stereocenters. The van der Waals surface area contributed by atoms with Gasteiger partial charge in [0, 0.05) is 23.6 Å². The van der Waals surface area contributed by atoms with Crippen LogP contribution in [0, 0.1) is 24.1 Å². The Morgan fingerprint density at radius 1 is 1.08 bits per heavy atom. The Balaban J connectivity index is 1.30. The molecule has 3 aromatic carbocycles. The van der Waals surface area contributed by atoms with Gasteiger partial charge in [0.15, 0.2) is 0 Å². The number of benzene rings is 3. The number of fused-ring (bicyclic) bond motifs is 2. The molecule has 184 valence electrons. The van der Waals surface area contributed by atoms with Crippen molar-refractivity contribution in [3.63, 3.8) is 0 Å². The second-order valence-electron chi connectivity index (χ2n) is 9.76. The van der Waals surface area contributed by atoms with Gasteiger partial charge in [-0.3, -0.25) is 0 Å². The van der Waals surface area contributed by atoms with E-state index in [9.17, 15) is 9.65 Å². The zero-order valence-electron chi connectivity index (χ0n) is 21.0. The number of H-pyrrole nitrogens is 1. The summed E-state index contributed by atoms with van der Waals surface area (Å²) in [5.41, 5.74) is 6.94. The third-order valence-corrected chi connectivity index (χ3v) is 7.52. The number of nitrogens with one attached hydrogen (secondary N) is 1. The molecule has 0 radical (unpaired) electrons. The van der Waals surface area contributed by atoms with Gasteiger partial charge in [-0.25, -0.2) is 4.39 Å². The van der Waals surface area contributed by atoms with Gasteiger partial charge in [0.05, 0.1) is 18.2 Å². The predicted molar refractivity (Wildman–Crippen MR) is 141 cm³/mol. The molecule has 0 saturated heterocycles. The summed E-state index contributed by atoms with van der Waals surface area (Å²) in [6.07, 6.45) is 4.87. The Labute approximate surface area is 212 Å². The van der Waals surface area contributed by atoms with Crippen molar-refractivity contribution in [3.05, 3.63) is 106 Å². The highest BCUT2D eigenvalue weighted by Gasteiger charge is 2.41. The fourth-order valence-corrected chi connectivity index (χ4v) is 5.52. The van der Waals surface area contributed by atoms with Crippen molar-refractivity contribution in [2.75, 3.05) is 19.6 Å². The van der Waals surface area contributed by atoms with E-state index in [0.29, 0.717) is 12.2 Å². The summed E-state index contributed by atoms with van der Waals surface area (Å²) in [7, 11) is 0. The average Bonchev–Trinajstić information content (AvgIpc) is 3.47. The van der Waals surface area contributed by atoms with Crippen molar-refractivity contribution in [1.29, 1.82) is 5.26 Å². The number of likely N-dealkylation sites (N-methyl/N-ethyl adjacent to an activating group) is 1. The Hall–Kier alpha value is -3.46. The highest BCUT2D eigenvalue weighted by molar-refractivity contribution is 5.83. The van der Waals surface area contributed by atoms with Gasteiger partial charge in [0.2, 0.25) is 0 Å². The summed E-state index contributed by atoms with van der Waals surface area (Å²) in [6.45, 7) is 7.73. The van der Waals surface area contributed by atoms with E-state index in [1.165, 1.54) is 34.2 Å². The molecule has 5 heteroatoms. The van der Waals surface area contributed by atoms with Gasteiger partial charge in [-0.15, -0.1) is 0 Å². The van der Waals surface area contributed by atoms with E-state index in [1.807, 2.05) is 30.3 Å². The van der Waals surface area contributed by atoms with Crippen LogP contribution in [0.1, 0.15) is 53.1 Å². The molecule has 0 spiro atoms. The van der Waals surface area contributed by atoms with E-state index in [4.69, 9.17) is 4.74 Å². The molecule has 0 saturated carbocycles. The first-order chi connectivity index (χ1) is 17.5. The predicted octanol–water partition coefficient (Wildman–Crippen LogP) is 6.61. The zero-order chi connectivity index (χ0) is 25.1. The van der Waals surface area contributed by atoms with E-state index in [0.717, 1.165) is 55.6 Å². The van der Waals surface area contributed by atoms with E-state index in [-0.39, 0.29) is 5.82 Å². The van der Waals surface area contributed by atoms with Crippen LogP contribution in [0.4, 0.5) is 4.39 Å². The molecule has 1 unspecified atom stereocenters. The molecule has 1 N–H and O–H groups in total. The number of rotatable bonds is 9. The Bertz CT molecular complexity index is 1400. The summed E-state index contributed by atoms with van der Waals surface area (Å²) in [6, 6.07) is 21.2. The lowest BCUT2D eigenvalue weighted by Crippen LogP contribution is -2.31. The number of hydrogen-bond acceptors (Lipinski definition) is 3. The minimum atomic E-state index is -0.620. The molecular weight excluding hydrogens is 449 g/mol. The lowest BCUT2D eigenvalue weighted by atomic mass is 9.81. The Morgan fingerprint density at radius 3 is 2.69 bits per heavy atom. The minimum Gasteiger partial charge on any atom is -0.361 e. The lowest BCUT2D eigenvalue weighted by molar-refractivity contribution is -0.0145. The van der Waals surface area contributed by atoms with Gasteiger partial charge >= 0.3 is 0 Å². The number of nitriles is 1. The van der Waals surface area contributed by atoms with Crippen LogP contribution in [0.3, 0.4) is 0 Å². The molecular formula is C31H32FN3O. The first-order valence-electron chi connectivity index (χ1n) is 12.7. The van der Waals surface area contributed by atoms with Crippen molar-refractivity contribution in [1.82, 2.24) is 9.88 Å². The number of aromatic nitrogens is 1. The minimum absolute atomic E-state index is 0.253. The molecule has 1 aliphatic rings. The maximum Gasteiger partial charge on any atom is 0.123 e. The quantitative estimate of drug-likeness (QED) is 0.293. The molecule has 4 nitrogen and oxygen atoms in total. The number of aromatic amines is 1. The van der Waals surface area contributed by atoms with Gasteiger partial charge in [-0.2, -0.15) is 5.26 Å². The number of nitrogens with zero attached hydrogens (tertiary/aromatic N) is 2. The molecule has 5 rings (SSSR count). The summed E-state index contributed by atoms with van der Waals surface area (Å²) in [4.78, 5) is 5.89. The maximum absolute atomic E-state index is 13.7. The Kier molecular flexibility index (Phi) is 6.91. The van der Waals surface area contributed by atoms with Crippen molar-refractivity contribution in [3.8, 4) is 6.07 Å². The van der Waals surface area contributed by atoms with E-state index >= 15 is 0 Å². The summed E-state index contributed by atoms with van der Waals surface area (Å²) < 4.78 is 20.2. The van der Waals surface area contributed by atoms with E-state index in [2.05, 4.69) is 54.2 Å². The number of aryl methyl sites for hydroxylation is 1. The third-order valence-electron chi connectivity index (χ3n) is 7.52. The molecule has 0 bridgehead atoms. The first-order valence-corrected chi connectivity index (χ1v) is 12.7. The molecule has 0 fully saturated rings. The van der Waals surface area contributed by atoms with Crippen molar-refractivity contribution in [2.45, 2.75) is 45.3 Å². The largest absolute Gasteiger partial charge is 0.361 e. The molecule has 2 heterocycles. The normalized spacial score (nSPS) is 17.0. The highest BCUT2D eigenvalue weighted by Crippen LogP contribution is 2.45. The molecule has 4 aromatic rings. The van der Waals surface area contributed by atoms with Gasteiger partial charge in [-0.1, -0.05) is 36.8 Å². The van der Waals surface area contributed by atoms with Crippen LogP contribution in [-0.2, 0) is 23.4 Å². The van der Waals surface area contributed by atoms with Crippen LogP contribution in [0.2, 0.25) is 0 Å². The SMILES string of the molecule is CCN(CCCC1(c2ccc(F)cc2)OCc2cc(C#N)ccc21)CCc1c[nH]c2ccc(C)cc12. The van der Waals surface area contributed by atoms with Crippen LogP contribution in [0.5, 0.6) is 0 Å². The topological polar surface area (TPSA) is 52.0 Å². The summed E-state index contributed by atoms with van der Waals surface area (Å²) in [5.74, 6) is -0.253. The third kappa shape index (κ3) is 4.67. The molecule has 0 amide bonds. The second kappa shape index (κ2) is 10.3. The summed E-state index contributed by atoms with van der Waals surface area (Å²) in [5, 5.41) is 10.6. The smallest absolute Gasteiger partial charge is 0.123 e. The van der Waals surface area contributed by atoms with E-state index in [1.54, 1.807) is 0 Å². The lowest BCUT2D eigenvalue weighted by Gasteiger charge is -2.32. The van der Waals surface area contributed by atoms with Crippen LogP contribution in [0.15, 0.2) is 66.9 Å². The van der Waals surface area contributed by atoms with Gasteiger partial charge < -0.3 is 14.6 Å². The number of ether oxygens (including phenoxy) is 1. The molecule has 0 aliphatic carbocycles. The fraction of sp³-hybridized carbons (Fsp3) is 0.323. The van der Waals surface area contributed by atoms with Crippen LogP contribution < -0.4 is 0 Å². The van der Waals surface area contributed by atoms with Gasteiger partial charge in [0.1, 0.15) is 11.4 Å². The fourth-order valence-electron chi connectivity index (χ4n) is 5.52. The molecule has 36 heavy (non-hydrogen) atoms. The first kappa shape index (κ1) is 24.2. The van der Waals surface area contributed by atoms with Crippen LogP contribution in [0.25, 0.3) is 10.9 Å². The summed E-state index contributed by atoms with van der Waals surface area (Å²) >= 11 is 0. The van der Waals surface area contributed by atoms with Crippen molar-refractivity contribution in [2.24, 2.45) is 0 Å². The average molecular weight is 482 g/mol.